The van der Waals surface area contributed by atoms with E-state index in [2.05, 4.69) is 10.3 Å². The Morgan fingerprint density at radius 3 is 2.08 bits per heavy atom. The summed E-state index contributed by atoms with van der Waals surface area (Å²) in [5.74, 6) is -0.385. The van der Waals surface area contributed by atoms with Gasteiger partial charge in [0.05, 0.1) is 23.8 Å². The molecule has 6 nitrogen and oxygen atoms in total. The first-order valence-corrected chi connectivity index (χ1v) is 11.9. The molecule has 0 aliphatic carbocycles. The van der Waals surface area contributed by atoms with Gasteiger partial charge in [0.2, 0.25) is 5.89 Å². The van der Waals surface area contributed by atoms with Crippen molar-refractivity contribution in [2.24, 2.45) is 0 Å². The van der Waals surface area contributed by atoms with E-state index in [1.165, 1.54) is 24.3 Å². The van der Waals surface area contributed by atoms with Gasteiger partial charge in [0.1, 0.15) is 6.26 Å². The van der Waals surface area contributed by atoms with Crippen LogP contribution in [0.1, 0.15) is 51.5 Å². The fraction of sp³-hybridized carbons (Fsp3) is 0.385. The summed E-state index contributed by atoms with van der Waals surface area (Å²) in [5, 5.41) is 2.71. The van der Waals surface area contributed by atoms with E-state index in [4.69, 9.17) is 9.15 Å². The Kier molecular flexibility index (Phi) is 8.41. The number of carbonyl (C=O) groups is 1. The molecule has 1 fully saturated rings. The van der Waals surface area contributed by atoms with Crippen molar-refractivity contribution >= 4 is 5.91 Å². The number of rotatable bonds is 9. The highest BCUT2D eigenvalue weighted by Crippen LogP contribution is 2.31. The molecule has 204 valence electrons. The van der Waals surface area contributed by atoms with E-state index in [9.17, 15) is 31.1 Å². The number of hydrogen-bond donors (Lipinski definition) is 1. The molecule has 0 unspecified atom stereocenters. The maximum atomic E-state index is 13.2. The summed E-state index contributed by atoms with van der Waals surface area (Å²) in [6, 6.07) is 9.37. The second-order valence-corrected chi connectivity index (χ2v) is 9.01. The number of carbonyl (C=O) groups excluding carboxylic acids is 1. The van der Waals surface area contributed by atoms with Gasteiger partial charge in [0.15, 0.2) is 5.69 Å². The highest BCUT2D eigenvalue weighted by molar-refractivity contribution is 5.91. The van der Waals surface area contributed by atoms with Gasteiger partial charge in [-0.1, -0.05) is 36.4 Å². The Balaban J connectivity index is 1.51. The first kappa shape index (κ1) is 27.6. The third-order valence-electron chi connectivity index (χ3n) is 5.98. The fourth-order valence-corrected chi connectivity index (χ4v) is 4.16. The lowest BCUT2D eigenvalue weighted by Crippen LogP contribution is -2.32. The number of amides is 1. The second-order valence-electron chi connectivity index (χ2n) is 9.01. The Morgan fingerprint density at radius 1 is 0.947 bits per heavy atom. The first-order chi connectivity index (χ1) is 18.0. The summed E-state index contributed by atoms with van der Waals surface area (Å²) >= 11 is 0. The van der Waals surface area contributed by atoms with Gasteiger partial charge in [-0.05, 0) is 36.1 Å². The quantitative estimate of drug-likeness (QED) is 0.346. The van der Waals surface area contributed by atoms with Crippen LogP contribution in [0.5, 0.6) is 0 Å². The van der Waals surface area contributed by atoms with Crippen molar-refractivity contribution in [1.29, 1.82) is 0 Å². The van der Waals surface area contributed by atoms with Gasteiger partial charge < -0.3 is 14.5 Å². The van der Waals surface area contributed by atoms with Crippen LogP contribution in [0, 0.1) is 0 Å². The van der Waals surface area contributed by atoms with Crippen molar-refractivity contribution in [2.75, 3.05) is 13.2 Å². The van der Waals surface area contributed by atoms with Gasteiger partial charge >= 0.3 is 12.4 Å². The van der Waals surface area contributed by atoms with E-state index < -0.39 is 29.4 Å². The number of alkyl halides is 6. The van der Waals surface area contributed by atoms with E-state index >= 15 is 0 Å². The molecule has 3 aromatic rings. The largest absolute Gasteiger partial charge is 0.447 e. The lowest BCUT2D eigenvalue weighted by atomic mass is 10.1. The molecule has 1 amide bonds. The maximum Gasteiger partial charge on any atom is 0.416 e. The molecule has 1 aliphatic heterocycles. The second kappa shape index (κ2) is 11.6. The Bertz CT molecular complexity index is 1180. The first-order valence-electron chi connectivity index (χ1n) is 11.9. The minimum absolute atomic E-state index is 0.0103. The molecule has 1 atom stereocenters. The molecule has 1 saturated heterocycles. The molecule has 0 spiro atoms. The van der Waals surface area contributed by atoms with Crippen LogP contribution in [-0.4, -0.2) is 35.0 Å². The maximum absolute atomic E-state index is 13.2. The Labute approximate surface area is 214 Å². The number of halogens is 6. The number of ether oxygens (including phenoxy) is 1. The molecule has 0 saturated carbocycles. The summed E-state index contributed by atoms with van der Waals surface area (Å²) in [6.07, 6.45) is -6.24. The van der Waals surface area contributed by atoms with Gasteiger partial charge in [-0.25, -0.2) is 4.98 Å². The van der Waals surface area contributed by atoms with Crippen LogP contribution < -0.4 is 5.32 Å². The van der Waals surface area contributed by atoms with E-state index in [1.807, 2.05) is 0 Å². The topological polar surface area (TPSA) is 67.6 Å². The van der Waals surface area contributed by atoms with Crippen LogP contribution in [0.2, 0.25) is 0 Å². The van der Waals surface area contributed by atoms with Crippen molar-refractivity contribution in [1.82, 2.24) is 15.2 Å². The molecule has 2 aromatic carbocycles. The molecule has 1 aliphatic rings. The SMILES string of the molecule is O=C(NC[C@H]1CCCO1)c1coc(CN(Cc2cccc(C(F)(F)F)c2)Cc2cccc(C(F)(F)F)c2)n1. The molecular formula is C26H25F6N3O3. The molecule has 38 heavy (non-hydrogen) atoms. The zero-order chi connectivity index (χ0) is 27.3. The van der Waals surface area contributed by atoms with E-state index in [-0.39, 0.29) is 37.3 Å². The van der Waals surface area contributed by atoms with Crippen LogP contribution >= 0.6 is 0 Å². The van der Waals surface area contributed by atoms with Crippen LogP contribution in [-0.2, 0) is 36.7 Å². The minimum atomic E-state index is -4.55. The lowest BCUT2D eigenvalue weighted by molar-refractivity contribution is -0.138. The van der Waals surface area contributed by atoms with E-state index in [0.717, 1.165) is 43.4 Å². The normalized spacial score (nSPS) is 16.2. The molecular weight excluding hydrogens is 516 g/mol. The molecule has 0 radical (unpaired) electrons. The molecule has 0 bridgehead atoms. The number of nitrogens with zero attached hydrogens (tertiary/aromatic N) is 2. The fourth-order valence-electron chi connectivity index (χ4n) is 4.16. The van der Waals surface area contributed by atoms with Gasteiger partial charge in [-0.3, -0.25) is 9.69 Å². The van der Waals surface area contributed by atoms with Crippen molar-refractivity contribution in [2.45, 2.75) is 50.9 Å². The Morgan fingerprint density at radius 2 is 1.55 bits per heavy atom. The number of nitrogens with one attached hydrogen (secondary N) is 1. The van der Waals surface area contributed by atoms with Crippen LogP contribution in [0.15, 0.2) is 59.2 Å². The standard InChI is InChI=1S/C26H25F6N3O3/c27-25(28,29)19-6-1-4-17(10-19)13-35(14-18-5-2-7-20(11-18)26(30,31)32)15-23-34-22(16-38-23)24(36)33-12-21-8-3-9-37-21/h1-2,4-7,10-11,16,21H,3,8-9,12-15H2,(H,33,36)/t21-/m1/s1. The van der Waals surface area contributed by atoms with Crippen molar-refractivity contribution in [3.8, 4) is 0 Å². The van der Waals surface area contributed by atoms with Crippen molar-refractivity contribution in [3.63, 3.8) is 0 Å². The smallest absolute Gasteiger partial charge is 0.416 e. The third-order valence-corrected chi connectivity index (χ3v) is 5.98. The Hall–Kier alpha value is -3.38. The molecule has 12 heteroatoms. The monoisotopic (exact) mass is 541 g/mol. The third kappa shape index (κ3) is 7.57. The van der Waals surface area contributed by atoms with Gasteiger partial charge in [-0.2, -0.15) is 26.3 Å². The van der Waals surface area contributed by atoms with Gasteiger partial charge in [-0.15, -0.1) is 0 Å². The van der Waals surface area contributed by atoms with Crippen LogP contribution in [0.3, 0.4) is 0 Å². The summed E-state index contributed by atoms with van der Waals surface area (Å²) in [4.78, 5) is 18.2. The number of aromatic nitrogens is 1. The summed E-state index contributed by atoms with van der Waals surface area (Å²) < 4.78 is 90.1. The molecule has 1 aromatic heterocycles. The predicted molar refractivity (Wildman–Crippen MR) is 124 cm³/mol. The summed E-state index contributed by atoms with van der Waals surface area (Å²) in [6.45, 7) is 0.818. The van der Waals surface area contributed by atoms with E-state index in [0.29, 0.717) is 24.3 Å². The van der Waals surface area contributed by atoms with Gasteiger partial charge in [0.25, 0.3) is 5.91 Å². The highest BCUT2D eigenvalue weighted by atomic mass is 19.4. The predicted octanol–water partition coefficient (Wildman–Crippen LogP) is 5.82. The van der Waals surface area contributed by atoms with Crippen LogP contribution in [0.25, 0.3) is 0 Å². The van der Waals surface area contributed by atoms with Crippen molar-refractivity contribution < 1.29 is 40.3 Å². The average Bonchev–Trinajstić information content (AvgIpc) is 3.54. The van der Waals surface area contributed by atoms with Gasteiger partial charge in [0, 0.05) is 26.2 Å². The number of hydrogen-bond acceptors (Lipinski definition) is 5. The zero-order valence-electron chi connectivity index (χ0n) is 20.1. The van der Waals surface area contributed by atoms with Crippen LogP contribution in [0.4, 0.5) is 26.3 Å². The summed E-state index contributed by atoms with van der Waals surface area (Å²) in [5.41, 5.74) is -1.07. The zero-order valence-corrected chi connectivity index (χ0v) is 20.1. The minimum Gasteiger partial charge on any atom is -0.447 e. The number of oxazole rings is 1. The lowest BCUT2D eigenvalue weighted by Gasteiger charge is -2.22. The summed E-state index contributed by atoms with van der Waals surface area (Å²) in [7, 11) is 0. The highest BCUT2D eigenvalue weighted by Gasteiger charge is 2.31. The molecule has 1 N–H and O–H groups in total. The number of benzene rings is 2. The molecule has 4 rings (SSSR count). The van der Waals surface area contributed by atoms with Crippen molar-refractivity contribution in [3.05, 3.63) is 88.6 Å². The van der Waals surface area contributed by atoms with E-state index in [1.54, 1.807) is 4.90 Å². The average molecular weight is 541 g/mol. The molecule has 2 heterocycles.